The molecule has 0 unspecified atom stereocenters. The van der Waals surface area contributed by atoms with Gasteiger partial charge in [0.1, 0.15) is 5.02 Å². The van der Waals surface area contributed by atoms with Crippen LogP contribution < -0.4 is 4.72 Å². The lowest BCUT2D eigenvalue weighted by Gasteiger charge is -2.20. The van der Waals surface area contributed by atoms with Crippen molar-refractivity contribution in [2.75, 3.05) is 6.61 Å². The second-order valence-electron chi connectivity index (χ2n) is 4.98. The minimum absolute atomic E-state index is 0.126. The van der Waals surface area contributed by atoms with Crippen LogP contribution in [0.1, 0.15) is 19.4 Å². The van der Waals surface area contributed by atoms with E-state index in [2.05, 4.69) is 4.72 Å². The minimum atomic E-state index is -3.99. The van der Waals surface area contributed by atoms with Crippen molar-refractivity contribution in [3.05, 3.63) is 32.8 Å². The van der Waals surface area contributed by atoms with Gasteiger partial charge in [0, 0.05) is 12.1 Å². The van der Waals surface area contributed by atoms with Crippen LogP contribution in [0.5, 0.6) is 0 Å². The molecule has 0 aliphatic rings. The third-order valence-corrected chi connectivity index (χ3v) is 4.97. The number of halogens is 1. The maximum absolute atomic E-state index is 12.3. The zero-order valence-electron chi connectivity index (χ0n) is 11.8. The summed E-state index contributed by atoms with van der Waals surface area (Å²) in [5, 5.41) is 19.9. The molecule has 0 amide bonds. The van der Waals surface area contributed by atoms with Crippen LogP contribution in [-0.2, 0) is 10.0 Å². The number of rotatable bonds is 6. The van der Waals surface area contributed by atoms with Crippen LogP contribution in [0.15, 0.2) is 17.0 Å². The summed E-state index contributed by atoms with van der Waals surface area (Å²) in [4.78, 5) is 9.90. The molecule has 0 heterocycles. The van der Waals surface area contributed by atoms with E-state index in [9.17, 15) is 23.6 Å². The fourth-order valence-electron chi connectivity index (χ4n) is 1.72. The Kier molecular flexibility index (Phi) is 5.68. The highest BCUT2D eigenvalue weighted by molar-refractivity contribution is 7.89. The average Bonchev–Trinajstić information content (AvgIpc) is 2.34. The summed E-state index contributed by atoms with van der Waals surface area (Å²) < 4.78 is 27.0. The first-order chi connectivity index (χ1) is 9.60. The monoisotopic (exact) mass is 336 g/mol. The Morgan fingerprint density at radius 2 is 2.00 bits per heavy atom. The number of nitrogens with one attached hydrogen (secondary N) is 1. The van der Waals surface area contributed by atoms with Crippen molar-refractivity contribution in [2.45, 2.75) is 31.7 Å². The highest BCUT2D eigenvalue weighted by Crippen LogP contribution is 2.30. The minimum Gasteiger partial charge on any atom is -0.395 e. The van der Waals surface area contributed by atoms with Gasteiger partial charge in [-0.05, 0) is 24.5 Å². The van der Waals surface area contributed by atoms with E-state index >= 15 is 0 Å². The SMILES string of the molecule is Cc1cc(Cl)c([N+](=O)[O-])cc1S(=O)(=O)N[C@H](CO)C(C)C. The van der Waals surface area contributed by atoms with Gasteiger partial charge in [-0.2, -0.15) is 0 Å². The molecule has 0 spiro atoms. The molecule has 1 atom stereocenters. The van der Waals surface area contributed by atoms with Crippen molar-refractivity contribution >= 4 is 27.3 Å². The van der Waals surface area contributed by atoms with E-state index in [1.54, 1.807) is 13.8 Å². The molecule has 1 aromatic rings. The number of nitro benzene ring substituents is 1. The van der Waals surface area contributed by atoms with E-state index in [1.807, 2.05) is 0 Å². The van der Waals surface area contributed by atoms with Crippen molar-refractivity contribution in [1.29, 1.82) is 0 Å². The standard InChI is InChI=1S/C12H17ClN2O5S/c1-7(2)10(6-16)14-21(19,20)12-5-11(15(17)18)9(13)4-8(12)3/h4-5,7,10,14,16H,6H2,1-3H3/t10-/m1/s1. The fourth-order valence-corrected chi connectivity index (χ4v) is 3.63. The van der Waals surface area contributed by atoms with E-state index in [-0.39, 0.29) is 22.4 Å². The summed E-state index contributed by atoms with van der Waals surface area (Å²) >= 11 is 5.73. The van der Waals surface area contributed by atoms with Gasteiger partial charge in [-0.25, -0.2) is 13.1 Å². The van der Waals surface area contributed by atoms with Gasteiger partial charge in [0.25, 0.3) is 5.69 Å². The number of aliphatic hydroxyl groups excluding tert-OH is 1. The Morgan fingerprint density at radius 1 is 1.43 bits per heavy atom. The van der Waals surface area contributed by atoms with Gasteiger partial charge in [-0.1, -0.05) is 25.4 Å². The maximum atomic E-state index is 12.3. The van der Waals surface area contributed by atoms with Gasteiger partial charge in [-0.3, -0.25) is 10.1 Å². The topological polar surface area (TPSA) is 110 Å². The Hall–Kier alpha value is -1.22. The van der Waals surface area contributed by atoms with E-state index in [4.69, 9.17) is 11.6 Å². The summed E-state index contributed by atoms with van der Waals surface area (Å²) in [6, 6.07) is 1.48. The first-order valence-electron chi connectivity index (χ1n) is 6.18. The molecule has 118 valence electrons. The summed E-state index contributed by atoms with van der Waals surface area (Å²) in [5.41, 5.74) is -0.189. The molecule has 7 nitrogen and oxygen atoms in total. The molecule has 1 rings (SSSR count). The molecule has 0 saturated heterocycles. The molecule has 0 fully saturated rings. The third kappa shape index (κ3) is 4.13. The second kappa shape index (κ2) is 6.69. The Labute approximate surface area is 128 Å². The van der Waals surface area contributed by atoms with Crippen LogP contribution in [0.25, 0.3) is 0 Å². The van der Waals surface area contributed by atoms with Crippen LogP contribution in [0, 0.1) is 23.0 Å². The number of hydrogen-bond donors (Lipinski definition) is 2. The van der Waals surface area contributed by atoms with Gasteiger partial charge in [0.2, 0.25) is 10.0 Å². The number of benzene rings is 1. The molecule has 0 saturated carbocycles. The van der Waals surface area contributed by atoms with E-state index in [0.29, 0.717) is 5.56 Å². The first-order valence-corrected chi connectivity index (χ1v) is 8.04. The summed E-state index contributed by atoms with van der Waals surface area (Å²) in [6.45, 7) is 4.63. The normalized spacial score (nSPS) is 13.4. The predicted octanol–water partition coefficient (Wildman–Crippen LogP) is 1.85. The quantitative estimate of drug-likeness (QED) is 0.608. The van der Waals surface area contributed by atoms with E-state index in [1.165, 1.54) is 13.0 Å². The molecular formula is C12H17ClN2O5S. The van der Waals surface area contributed by atoms with Crippen molar-refractivity contribution < 1.29 is 18.4 Å². The molecule has 21 heavy (non-hydrogen) atoms. The Balaban J connectivity index is 3.31. The summed E-state index contributed by atoms with van der Waals surface area (Å²) in [7, 11) is -3.99. The molecule has 0 bridgehead atoms. The lowest BCUT2D eigenvalue weighted by molar-refractivity contribution is -0.384. The number of hydrogen-bond acceptors (Lipinski definition) is 5. The Morgan fingerprint density at radius 3 is 2.43 bits per heavy atom. The molecule has 0 aliphatic heterocycles. The largest absolute Gasteiger partial charge is 0.395 e. The number of aliphatic hydroxyl groups is 1. The average molecular weight is 337 g/mol. The van der Waals surface area contributed by atoms with Crippen LogP contribution in [0.2, 0.25) is 5.02 Å². The zero-order valence-corrected chi connectivity index (χ0v) is 13.4. The van der Waals surface area contributed by atoms with Gasteiger partial charge in [0.05, 0.1) is 16.4 Å². The summed E-state index contributed by atoms with van der Waals surface area (Å²) in [6.07, 6.45) is 0. The van der Waals surface area contributed by atoms with Gasteiger partial charge >= 0.3 is 0 Å². The molecular weight excluding hydrogens is 320 g/mol. The van der Waals surface area contributed by atoms with E-state index < -0.39 is 26.7 Å². The number of sulfonamides is 1. The van der Waals surface area contributed by atoms with E-state index in [0.717, 1.165) is 6.07 Å². The third-order valence-electron chi connectivity index (χ3n) is 3.04. The predicted molar refractivity (Wildman–Crippen MR) is 78.9 cm³/mol. The van der Waals surface area contributed by atoms with Crippen LogP contribution in [0.4, 0.5) is 5.69 Å². The summed E-state index contributed by atoms with van der Waals surface area (Å²) in [5.74, 6) is -0.132. The zero-order chi connectivity index (χ0) is 16.4. The molecule has 0 aromatic heterocycles. The first kappa shape index (κ1) is 17.8. The van der Waals surface area contributed by atoms with Gasteiger partial charge in [0.15, 0.2) is 0 Å². The van der Waals surface area contributed by atoms with Crippen LogP contribution in [0.3, 0.4) is 0 Å². The highest BCUT2D eigenvalue weighted by Gasteiger charge is 2.26. The van der Waals surface area contributed by atoms with Crippen molar-refractivity contribution in [1.82, 2.24) is 4.72 Å². The van der Waals surface area contributed by atoms with Crippen LogP contribution in [-0.4, -0.2) is 31.1 Å². The lowest BCUT2D eigenvalue weighted by Crippen LogP contribution is -2.41. The van der Waals surface area contributed by atoms with Crippen LogP contribution >= 0.6 is 11.6 Å². The van der Waals surface area contributed by atoms with Crippen molar-refractivity contribution in [2.24, 2.45) is 5.92 Å². The fraction of sp³-hybridized carbons (Fsp3) is 0.500. The number of aryl methyl sites for hydroxylation is 1. The lowest BCUT2D eigenvalue weighted by atomic mass is 10.1. The molecule has 9 heteroatoms. The van der Waals surface area contributed by atoms with Crippen molar-refractivity contribution in [3.63, 3.8) is 0 Å². The second-order valence-corrected chi connectivity index (χ2v) is 7.07. The molecule has 0 radical (unpaired) electrons. The molecule has 2 N–H and O–H groups in total. The maximum Gasteiger partial charge on any atom is 0.289 e. The van der Waals surface area contributed by atoms with Gasteiger partial charge < -0.3 is 5.11 Å². The molecule has 0 aliphatic carbocycles. The smallest absolute Gasteiger partial charge is 0.289 e. The number of nitro groups is 1. The Bertz CT molecular complexity index is 645. The highest BCUT2D eigenvalue weighted by atomic mass is 35.5. The van der Waals surface area contributed by atoms with Gasteiger partial charge in [-0.15, -0.1) is 0 Å². The number of nitrogens with zero attached hydrogens (tertiary/aromatic N) is 1. The molecule has 1 aromatic carbocycles. The van der Waals surface area contributed by atoms with Crippen molar-refractivity contribution in [3.8, 4) is 0 Å².